The first-order valence-electron chi connectivity index (χ1n) is 7.15. The highest BCUT2D eigenvalue weighted by Crippen LogP contribution is 2.46. The van der Waals surface area contributed by atoms with E-state index in [-0.39, 0.29) is 16.9 Å². The molecule has 0 spiro atoms. The molecule has 0 aromatic heterocycles. The summed E-state index contributed by atoms with van der Waals surface area (Å²) < 4.78 is 5.84. The first-order valence-corrected chi connectivity index (χ1v) is 7.91. The van der Waals surface area contributed by atoms with Crippen LogP contribution < -0.4 is 10.1 Å². The van der Waals surface area contributed by atoms with E-state index in [0.29, 0.717) is 27.2 Å². The molecule has 7 heteroatoms. The summed E-state index contributed by atoms with van der Waals surface area (Å²) in [6.07, 6.45) is 0. The maximum Gasteiger partial charge on any atom is 0.338 e. The van der Waals surface area contributed by atoms with Crippen molar-refractivity contribution < 1.29 is 14.6 Å². The molecule has 0 unspecified atom stereocenters. The van der Waals surface area contributed by atoms with Crippen molar-refractivity contribution in [2.75, 3.05) is 5.32 Å². The Kier molecular flexibility index (Phi) is 3.46. The number of nitriles is 1. The second kappa shape index (κ2) is 5.55. The van der Waals surface area contributed by atoms with E-state index in [2.05, 4.69) is 5.32 Å². The molecule has 5 nitrogen and oxygen atoms in total. The molecule has 0 amide bonds. The fourth-order valence-corrected chi connectivity index (χ4v) is 3.11. The summed E-state index contributed by atoms with van der Waals surface area (Å²) in [5.74, 6) is -0.364. The van der Waals surface area contributed by atoms with Gasteiger partial charge in [0.25, 0.3) is 0 Å². The number of ether oxygens (including phenoxy) is 1. The monoisotopic (exact) mass is 370 g/mol. The van der Waals surface area contributed by atoms with E-state index >= 15 is 0 Å². The van der Waals surface area contributed by atoms with Gasteiger partial charge in [0.2, 0.25) is 0 Å². The van der Waals surface area contributed by atoms with Crippen molar-refractivity contribution in [3.8, 4) is 17.6 Å². The van der Waals surface area contributed by atoms with Crippen molar-refractivity contribution in [3.63, 3.8) is 0 Å². The van der Waals surface area contributed by atoms with Crippen molar-refractivity contribution in [1.29, 1.82) is 5.26 Å². The summed E-state index contributed by atoms with van der Waals surface area (Å²) in [6.45, 7) is 0. The van der Waals surface area contributed by atoms with Crippen molar-refractivity contribution >= 4 is 51.3 Å². The summed E-state index contributed by atoms with van der Waals surface area (Å²) in [5.41, 5.74) is 1.08. The minimum absolute atomic E-state index is 0.0334. The van der Waals surface area contributed by atoms with Gasteiger partial charge in [0.05, 0.1) is 38.6 Å². The molecule has 0 aliphatic carbocycles. The molecule has 1 heterocycles. The van der Waals surface area contributed by atoms with Gasteiger partial charge in [-0.15, -0.1) is 0 Å². The molecule has 0 bridgehead atoms. The topological polar surface area (TPSA) is 82.4 Å². The van der Waals surface area contributed by atoms with Gasteiger partial charge in [0, 0.05) is 6.07 Å². The molecule has 3 aromatic carbocycles. The normalized spacial score (nSPS) is 11.7. The SMILES string of the molecule is N#Cc1cc2c(c(C(=O)O)c1)Nc1cc3cc(Cl)c(Cl)cc3cc1O2. The van der Waals surface area contributed by atoms with Crippen LogP contribution in [0.25, 0.3) is 10.8 Å². The van der Waals surface area contributed by atoms with E-state index in [1.54, 1.807) is 24.3 Å². The summed E-state index contributed by atoms with van der Waals surface area (Å²) in [4.78, 5) is 11.5. The largest absolute Gasteiger partial charge is 0.478 e. The summed E-state index contributed by atoms with van der Waals surface area (Å²) in [7, 11) is 0. The number of nitrogens with zero attached hydrogens (tertiary/aromatic N) is 1. The lowest BCUT2D eigenvalue weighted by atomic mass is 10.0. The quantitative estimate of drug-likeness (QED) is 0.457. The molecule has 0 saturated heterocycles. The Morgan fingerprint density at radius 1 is 1.04 bits per heavy atom. The summed E-state index contributed by atoms with van der Waals surface area (Å²) in [6, 6.07) is 11.8. The third-order valence-corrected chi connectivity index (χ3v) is 4.64. The van der Waals surface area contributed by atoms with Gasteiger partial charge < -0.3 is 15.2 Å². The predicted molar refractivity (Wildman–Crippen MR) is 95.4 cm³/mol. The number of halogens is 2. The smallest absolute Gasteiger partial charge is 0.338 e. The molecular formula is C18H8Cl2N2O3. The number of carboxylic acid groups (broad SMARTS) is 1. The maximum absolute atomic E-state index is 11.5. The van der Waals surface area contributed by atoms with Crippen LogP contribution in [0, 0.1) is 11.3 Å². The number of fused-ring (bicyclic) bond motifs is 3. The number of nitrogens with one attached hydrogen (secondary N) is 1. The fourth-order valence-electron chi connectivity index (χ4n) is 2.77. The van der Waals surface area contributed by atoms with Crippen molar-refractivity contribution in [2.45, 2.75) is 0 Å². The van der Waals surface area contributed by atoms with Gasteiger partial charge in [0.15, 0.2) is 11.5 Å². The Morgan fingerprint density at radius 3 is 2.36 bits per heavy atom. The van der Waals surface area contributed by atoms with Gasteiger partial charge in [-0.05, 0) is 41.1 Å². The second-order valence-corrected chi connectivity index (χ2v) is 6.32. The van der Waals surface area contributed by atoms with Crippen LogP contribution in [0.2, 0.25) is 10.0 Å². The maximum atomic E-state index is 11.5. The van der Waals surface area contributed by atoms with Gasteiger partial charge in [-0.1, -0.05) is 23.2 Å². The Labute approximate surface area is 152 Å². The molecule has 25 heavy (non-hydrogen) atoms. The van der Waals surface area contributed by atoms with Gasteiger partial charge >= 0.3 is 5.97 Å². The number of benzene rings is 3. The van der Waals surface area contributed by atoms with E-state index in [1.807, 2.05) is 6.07 Å². The Bertz CT molecular complexity index is 1120. The molecule has 0 fully saturated rings. The molecule has 1 aliphatic heterocycles. The van der Waals surface area contributed by atoms with Crippen molar-refractivity contribution in [2.24, 2.45) is 0 Å². The van der Waals surface area contributed by atoms with Crippen LogP contribution in [0.3, 0.4) is 0 Å². The number of anilines is 2. The van der Waals surface area contributed by atoms with Crippen LogP contribution in [0.1, 0.15) is 15.9 Å². The molecule has 3 aromatic rings. The van der Waals surface area contributed by atoms with Crippen molar-refractivity contribution in [1.82, 2.24) is 0 Å². The Morgan fingerprint density at radius 2 is 1.72 bits per heavy atom. The summed E-state index contributed by atoms with van der Waals surface area (Å²) >= 11 is 12.1. The van der Waals surface area contributed by atoms with E-state index < -0.39 is 5.97 Å². The highest BCUT2D eigenvalue weighted by molar-refractivity contribution is 6.42. The average molecular weight is 371 g/mol. The number of aromatic carboxylic acids is 1. The lowest BCUT2D eigenvalue weighted by molar-refractivity contribution is 0.0697. The highest BCUT2D eigenvalue weighted by atomic mass is 35.5. The van der Waals surface area contributed by atoms with Crippen LogP contribution in [0.4, 0.5) is 11.4 Å². The van der Waals surface area contributed by atoms with Crippen LogP contribution in [0.5, 0.6) is 11.5 Å². The average Bonchev–Trinajstić information content (AvgIpc) is 2.58. The minimum atomic E-state index is -1.15. The van der Waals surface area contributed by atoms with Crippen LogP contribution in [-0.4, -0.2) is 11.1 Å². The van der Waals surface area contributed by atoms with E-state index in [9.17, 15) is 9.90 Å². The Balaban J connectivity index is 1.91. The minimum Gasteiger partial charge on any atom is -0.478 e. The first kappa shape index (κ1) is 15.6. The third kappa shape index (κ3) is 2.52. The molecular weight excluding hydrogens is 363 g/mol. The molecule has 0 radical (unpaired) electrons. The second-order valence-electron chi connectivity index (χ2n) is 5.50. The van der Waals surface area contributed by atoms with Gasteiger partial charge in [0.1, 0.15) is 0 Å². The number of hydrogen-bond acceptors (Lipinski definition) is 4. The van der Waals surface area contributed by atoms with Gasteiger partial charge in [-0.2, -0.15) is 5.26 Å². The zero-order chi connectivity index (χ0) is 17.7. The molecule has 2 N–H and O–H groups in total. The molecule has 4 rings (SSSR count). The number of carboxylic acids is 1. The van der Waals surface area contributed by atoms with E-state index in [1.165, 1.54) is 12.1 Å². The number of carbonyl (C=O) groups is 1. The van der Waals surface area contributed by atoms with Crippen LogP contribution in [0.15, 0.2) is 36.4 Å². The fraction of sp³-hybridized carbons (Fsp3) is 0. The Hall–Kier alpha value is -2.94. The lowest BCUT2D eigenvalue weighted by Crippen LogP contribution is -2.09. The van der Waals surface area contributed by atoms with E-state index in [0.717, 1.165) is 10.8 Å². The predicted octanol–water partition coefficient (Wildman–Crippen LogP) is 5.57. The van der Waals surface area contributed by atoms with Gasteiger partial charge in [-0.3, -0.25) is 0 Å². The van der Waals surface area contributed by atoms with Crippen LogP contribution in [-0.2, 0) is 0 Å². The van der Waals surface area contributed by atoms with Crippen LogP contribution >= 0.6 is 23.2 Å². The molecule has 122 valence electrons. The molecule has 1 aliphatic rings. The molecule has 0 saturated carbocycles. The summed E-state index contributed by atoms with van der Waals surface area (Å²) in [5, 5.41) is 24.1. The highest BCUT2D eigenvalue weighted by Gasteiger charge is 2.24. The zero-order valence-corrected chi connectivity index (χ0v) is 13.9. The zero-order valence-electron chi connectivity index (χ0n) is 12.4. The number of hydrogen-bond donors (Lipinski definition) is 2. The third-order valence-electron chi connectivity index (χ3n) is 3.92. The standard InChI is InChI=1S/C18H8Cl2N2O3/c19-12-3-9-5-14-15(6-10(9)4-13(12)20)25-16-2-8(7-21)1-11(18(23)24)17(16)22-14/h1-6,22H,(H,23,24). The van der Waals surface area contributed by atoms with Crippen molar-refractivity contribution in [3.05, 3.63) is 57.6 Å². The molecule has 0 atom stereocenters. The first-order chi connectivity index (χ1) is 12.0. The van der Waals surface area contributed by atoms with Gasteiger partial charge in [-0.25, -0.2) is 4.79 Å². The lowest BCUT2D eigenvalue weighted by Gasteiger charge is -2.24. The number of rotatable bonds is 1. The van der Waals surface area contributed by atoms with E-state index in [4.69, 9.17) is 33.2 Å².